The Kier molecular flexibility index (Phi) is 5.38. The zero-order valence-electron chi connectivity index (χ0n) is 12.7. The van der Waals surface area contributed by atoms with Gasteiger partial charge < -0.3 is 5.32 Å². The SMILES string of the molecule is CCc1ccc(CC)c(C(NC)c2ccc(F)cc2Cl)c1. The first kappa shape index (κ1) is 16.0. The van der Waals surface area contributed by atoms with E-state index in [-0.39, 0.29) is 11.9 Å². The van der Waals surface area contributed by atoms with Crippen molar-refractivity contribution in [1.29, 1.82) is 0 Å². The number of hydrogen-bond donors (Lipinski definition) is 1. The third-order valence-corrected chi connectivity index (χ3v) is 4.20. The molecule has 0 aliphatic heterocycles. The lowest BCUT2D eigenvalue weighted by Crippen LogP contribution is -2.20. The quantitative estimate of drug-likeness (QED) is 0.827. The van der Waals surface area contributed by atoms with Gasteiger partial charge in [-0.25, -0.2) is 4.39 Å². The average molecular weight is 306 g/mol. The summed E-state index contributed by atoms with van der Waals surface area (Å²) in [5.74, 6) is -0.309. The summed E-state index contributed by atoms with van der Waals surface area (Å²) < 4.78 is 13.3. The molecular weight excluding hydrogens is 285 g/mol. The second-order valence-electron chi connectivity index (χ2n) is 5.13. The van der Waals surface area contributed by atoms with Crippen molar-refractivity contribution in [2.45, 2.75) is 32.7 Å². The molecule has 0 radical (unpaired) electrons. The highest BCUT2D eigenvalue weighted by atomic mass is 35.5. The Morgan fingerprint density at radius 3 is 2.38 bits per heavy atom. The van der Waals surface area contributed by atoms with Crippen molar-refractivity contribution in [3.05, 3.63) is 69.5 Å². The molecule has 112 valence electrons. The van der Waals surface area contributed by atoms with Crippen molar-refractivity contribution in [3.8, 4) is 0 Å². The lowest BCUT2D eigenvalue weighted by molar-refractivity contribution is 0.623. The fourth-order valence-electron chi connectivity index (χ4n) is 2.67. The normalized spacial score (nSPS) is 12.4. The van der Waals surface area contributed by atoms with Crippen LogP contribution in [0, 0.1) is 5.82 Å². The van der Waals surface area contributed by atoms with Crippen molar-refractivity contribution in [3.63, 3.8) is 0 Å². The van der Waals surface area contributed by atoms with Gasteiger partial charge in [-0.3, -0.25) is 0 Å². The molecule has 0 spiro atoms. The van der Waals surface area contributed by atoms with Crippen molar-refractivity contribution in [1.82, 2.24) is 5.32 Å². The molecule has 0 aliphatic rings. The van der Waals surface area contributed by atoms with Crippen molar-refractivity contribution >= 4 is 11.6 Å². The van der Waals surface area contributed by atoms with Crippen LogP contribution in [0.3, 0.4) is 0 Å². The molecule has 0 saturated carbocycles. The smallest absolute Gasteiger partial charge is 0.124 e. The Hall–Kier alpha value is -1.38. The summed E-state index contributed by atoms with van der Waals surface area (Å²) in [6.45, 7) is 4.29. The molecule has 0 amide bonds. The van der Waals surface area contributed by atoms with Crippen LogP contribution in [-0.4, -0.2) is 7.05 Å². The Bertz CT molecular complexity index is 625. The summed E-state index contributed by atoms with van der Waals surface area (Å²) in [7, 11) is 1.91. The maximum absolute atomic E-state index is 13.3. The van der Waals surface area contributed by atoms with E-state index in [1.54, 1.807) is 6.07 Å². The second-order valence-corrected chi connectivity index (χ2v) is 5.53. The van der Waals surface area contributed by atoms with Gasteiger partial charge in [0.05, 0.1) is 6.04 Å². The fraction of sp³-hybridized carbons (Fsp3) is 0.333. The van der Waals surface area contributed by atoms with Gasteiger partial charge in [0.1, 0.15) is 5.82 Å². The van der Waals surface area contributed by atoms with Crippen LogP contribution >= 0.6 is 11.6 Å². The minimum Gasteiger partial charge on any atom is -0.309 e. The van der Waals surface area contributed by atoms with Gasteiger partial charge in [-0.2, -0.15) is 0 Å². The Morgan fingerprint density at radius 2 is 1.81 bits per heavy atom. The third-order valence-electron chi connectivity index (χ3n) is 3.87. The highest BCUT2D eigenvalue weighted by molar-refractivity contribution is 6.31. The largest absolute Gasteiger partial charge is 0.309 e. The van der Waals surface area contributed by atoms with Crippen LogP contribution in [0.25, 0.3) is 0 Å². The minimum absolute atomic E-state index is 0.0282. The summed E-state index contributed by atoms with van der Waals surface area (Å²) in [5.41, 5.74) is 4.70. The molecule has 0 bridgehead atoms. The summed E-state index contributed by atoms with van der Waals surface area (Å²) in [6, 6.07) is 11.1. The maximum atomic E-state index is 13.3. The van der Waals surface area contributed by atoms with E-state index in [1.165, 1.54) is 28.8 Å². The summed E-state index contributed by atoms with van der Waals surface area (Å²) in [6.07, 6.45) is 1.95. The predicted molar refractivity (Wildman–Crippen MR) is 87.5 cm³/mol. The molecule has 1 unspecified atom stereocenters. The maximum Gasteiger partial charge on any atom is 0.124 e. The number of rotatable bonds is 5. The van der Waals surface area contributed by atoms with Gasteiger partial charge in [-0.15, -0.1) is 0 Å². The summed E-state index contributed by atoms with van der Waals surface area (Å²) in [4.78, 5) is 0. The molecule has 0 heterocycles. The standard InChI is InChI=1S/C18H21ClFN/c1-4-12-6-7-13(5-2)16(10-12)18(21-3)15-9-8-14(20)11-17(15)19/h6-11,18,21H,4-5H2,1-3H3. The lowest BCUT2D eigenvalue weighted by atomic mass is 9.91. The van der Waals surface area contributed by atoms with Crippen LogP contribution in [0.2, 0.25) is 5.02 Å². The Morgan fingerprint density at radius 1 is 1.05 bits per heavy atom. The van der Waals surface area contributed by atoms with E-state index < -0.39 is 0 Å². The summed E-state index contributed by atoms with van der Waals surface area (Å²) >= 11 is 6.24. The first-order chi connectivity index (χ1) is 10.1. The first-order valence-corrected chi connectivity index (χ1v) is 7.72. The van der Waals surface area contributed by atoms with Crippen molar-refractivity contribution in [2.24, 2.45) is 0 Å². The topological polar surface area (TPSA) is 12.0 Å². The molecule has 1 N–H and O–H groups in total. The number of benzene rings is 2. The molecule has 2 rings (SSSR count). The predicted octanol–water partition coefficient (Wildman–Crippen LogP) is 4.91. The van der Waals surface area contributed by atoms with E-state index in [0.29, 0.717) is 5.02 Å². The molecule has 21 heavy (non-hydrogen) atoms. The van der Waals surface area contributed by atoms with Gasteiger partial charge in [0, 0.05) is 5.02 Å². The van der Waals surface area contributed by atoms with Gasteiger partial charge in [-0.05, 0) is 54.3 Å². The molecule has 2 aromatic rings. The molecule has 2 aromatic carbocycles. The van der Waals surface area contributed by atoms with Gasteiger partial charge in [-0.1, -0.05) is 49.7 Å². The van der Waals surface area contributed by atoms with E-state index in [9.17, 15) is 4.39 Å². The number of nitrogens with one attached hydrogen (secondary N) is 1. The van der Waals surface area contributed by atoms with Crippen LogP contribution in [0.5, 0.6) is 0 Å². The highest BCUT2D eigenvalue weighted by Gasteiger charge is 2.18. The Balaban J connectivity index is 2.54. The first-order valence-electron chi connectivity index (χ1n) is 7.34. The molecule has 1 nitrogen and oxygen atoms in total. The molecule has 0 saturated heterocycles. The van der Waals surface area contributed by atoms with E-state index >= 15 is 0 Å². The molecule has 0 aliphatic carbocycles. The van der Waals surface area contributed by atoms with Gasteiger partial charge in [0.15, 0.2) is 0 Å². The average Bonchev–Trinajstić information content (AvgIpc) is 2.49. The van der Waals surface area contributed by atoms with E-state index in [4.69, 9.17) is 11.6 Å². The molecule has 1 atom stereocenters. The molecular formula is C18H21ClFN. The van der Waals surface area contributed by atoms with Gasteiger partial charge in [0.25, 0.3) is 0 Å². The van der Waals surface area contributed by atoms with Crippen LogP contribution in [0.1, 0.15) is 42.1 Å². The van der Waals surface area contributed by atoms with Crippen LogP contribution < -0.4 is 5.32 Å². The molecule has 0 fully saturated rings. The zero-order chi connectivity index (χ0) is 15.4. The van der Waals surface area contributed by atoms with E-state index in [1.807, 2.05) is 7.05 Å². The van der Waals surface area contributed by atoms with Crippen LogP contribution in [0.4, 0.5) is 4.39 Å². The minimum atomic E-state index is -0.309. The van der Waals surface area contributed by atoms with E-state index in [0.717, 1.165) is 18.4 Å². The van der Waals surface area contributed by atoms with Crippen molar-refractivity contribution in [2.75, 3.05) is 7.05 Å². The zero-order valence-corrected chi connectivity index (χ0v) is 13.5. The van der Waals surface area contributed by atoms with Gasteiger partial charge >= 0.3 is 0 Å². The van der Waals surface area contributed by atoms with Crippen molar-refractivity contribution < 1.29 is 4.39 Å². The van der Waals surface area contributed by atoms with Crippen LogP contribution in [0.15, 0.2) is 36.4 Å². The number of halogens is 2. The number of hydrogen-bond acceptors (Lipinski definition) is 1. The monoisotopic (exact) mass is 305 g/mol. The molecule has 0 aromatic heterocycles. The van der Waals surface area contributed by atoms with Crippen LogP contribution in [-0.2, 0) is 12.8 Å². The van der Waals surface area contributed by atoms with E-state index in [2.05, 4.69) is 37.4 Å². The lowest BCUT2D eigenvalue weighted by Gasteiger charge is -2.22. The molecule has 3 heteroatoms. The highest BCUT2D eigenvalue weighted by Crippen LogP contribution is 2.31. The fourth-order valence-corrected chi connectivity index (χ4v) is 2.95. The second kappa shape index (κ2) is 7.06. The van der Waals surface area contributed by atoms with Gasteiger partial charge in [0.2, 0.25) is 0 Å². The Labute approximate surface area is 131 Å². The number of aryl methyl sites for hydroxylation is 2. The third kappa shape index (κ3) is 3.45. The summed E-state index contributed by atoms with van der Waals surface area (Å²) in [5, 5.41) is 3.77.